The number of ether oxygens (including phenoxy) is 1. The second-order valence-electron chi connectivity index (χ2n) is 8.60. The molecule has 0 aliphatic heterocycles. The first-order valence-corrected chi connectivity index (χ1v) is 13.1. The summed E-state index contributed by atoms with van der Waals surface area (Å²) < 4.78 is 7.96. The molecule has 1 fully saturated rings. The number of nitrogens with zero attached hydrogens (tertiary/aromatic N) is 5. The van der Waals surface area contributed by atoms with E-state index in [-0.39, 0.29) is 17.8 Å². The molecule has 2 aromatic heterocycles. The van der Waals surface area contributed by atoms with Crippen molar-refractivity contribution in [2.24, 2.45) is 7.05 Å². The highest BCUT2D eigenvalue weighted by Gasteiger charge is 2.21. The minimum Gasteiger partial charge on any atom is -0.483 e. The third-order valence-electron chi connectivity index (χ3n) is 5.71. The summed E-state index contributed by atoms with van der Waals surface area (Å²) in [6.07, 6.45) is 5.85. The number of aromatic nitrogens is 5. The molecule has 1 saturated carbocycles. The van der Waals surface area contributed by atoms with Gasteiger partial charge in [0.25, 0.3) is 0 Å². The minimum absolute atomic E-state index is 0.129. The lowest BCUT2D eigenvalue weighted by Gasteiger charge is -2.18. The van der Waals surface area contributed by atoms with Crippen molar-refractivity contribution in [3.63, 3.8) is 0 Å². The van der Waals surface area contributed by atoms with Crippen molar-refractivity contribution in [1.82, 2.24) is 25.0 Å². The Labute approximate surface area is 202 Å². The fourth-order valence-corrected chi connectivity index (χ4v) is 5.80. The Morgan fingerprint density at radius 1 is 1.15 bits per heavy atom. The zero-order valence-electron chi connectivity index (χ0n) is 19.5. The largest absolute Gasteiger partial charge is 0.483 e. The van der Waals surface area contributed by atoms with Gasteiger partial charge in [-0.2, -0.15) is 0 Å². The van der Waals surface area contributed by atoms with E-state index in [1.807, 2.05) is 44.5 Å². The smallest absolute Gasteiger partial charge is 0.236 e. The van der Waals surface area contributed by atoms with Gasteiger partial charge in [-0.1, -0.05) is 48.4 Å². The molecular formula is C23H30N6O2S2. The molecule has 3 aromatic rings. The molecule has 2 heterocycles. The molecule has 1 aliphatic carbocycles. The van der Waals surface area contributed by atoms with E-state index in [4.69, 9.17) is 4.74 Å². The van der Waals surface area contributed by atoms with Gasteiger partial charge in [-0.05, 0) is 56.9 Å². The molecule has 0 saturated heterocycles. The summed E-state index contributed by atoms with van der Waals surface area (Å²) in [5, 5.41) is 22.1. The van der Waals surface area contributed by atoms with E-state index in [1.165, 1.54) is 55.2 Å². The van der Waals surface area contributed by atoms with E-state index in [9.17, 15) is 4.79 Å². The minimum atomic E-state index is -0.272. The average Bonchev–Trinajstić information content (AvgIpc) is 3.39. The van der Waals surface area contributed by atoms with Crippen LogP contribution in [0.15, 0.2) is 23.4 Å². The van der Waals surface area contributed by atoms with Crippen LogP contribution >= 0.6 is 23.1 Å². The molecule has 0 spiro atoms. The maximum absolute atomic E-state index is 12.5. The monoisotopic (exact) mass is 486 g/mol. The predicted molar refractivity (Wildman–Crippen MR) is 131 cm³/mol. The molecule has 0 radical (unpaired) electrons. The highest BCUT2D eigenvalue weighted by Crippen LogP contribution is 2.35. The van der Waals surface area contributed by atoms with Crippen molar-refractivity contribution in [2.45, 2.75) is 70.1 Å². The Bertz CT molecular complexity index is 1090. The Morgan fingerprint density at radius 3 is 2.61 bits per heavy atom. The summed E-state index contributed by atoms with van der Waals surface area (Å²) in [5.74, 6) is 2.09. The Morgan fingerprint density at radius 2 is 1.88 bits per heavy atom. The molecule has 10 heteroatoms. The van der Waals surface area contributed by atoms with Gasteiger partial charge in [0, 0.05) is 13.0 Å². The number of hydrogen-bond donors (Lipinski definition) is 1. The number of benzene rings is 1. The number of carbonyl (C=O) groups excluding carboxylic acids is 1. The van der Waals surface area contributed by atoms with Gasteiger partial charge < -0.3 is 9.30 Å². The van der Waals surface area contributed by atoms with Crippen molar-refractivity contribution in [2.75, 3.05) is 11.1 Å². The number of nitrogens with one attached hydrogen (secondary N) is 1. The first-order chi connectivity index (χ1) is 15.9. The van der Waals surface area contributed by atoms with Crippen LogP contribution in [0.4, 0.5) is 5.13 Å². The normalized spacial score (nSPS) is 15.4. The van der Waals surface area contributed by atoms with Gasteiger partial charge in [-0.25, -0.2) is 0 Å². The molecule has 1 aromatic carbocycles. The maximum Gasteiger partial charge on any atom is 0.236 e. The van der Waals surface area contributed by atoms with Crippen LogP contribution in [0, 0.1) is 13.8 Å². The highest BCUT2D eigenvalue weighted by atomic mass is 32.2. The first kappa shape index (κ1) is 23.7. The summed E-state index contributed by atoms with van der Waals surface area (Å²) in [5.41, 5.74) is 2.30. The number of hydrogen-bond acceptors (Lipinski definition) is 8. The van der Waals surface area contributed by atoms with E-state index < -0.39 is 0 Å². The van der Waals surface area contributed by atoms with Gasteiger partial charge in [0.05, 0.1) is 5.75 Å². The van der Waals surface area contributed by atoms with E-state index in [0.717, 1.165) is 21.9 Å². The molecule has 1 unspecified atom stereocenters. The fourth-order valence-electron chi connectivity index (χ4n) is 4.15. The molecule has 1 amide bonds. The van der Waals surface area contributed by atoms with Gasteiger partial charge >= 0.3 is 0 Å². The molecule has 1 aliphatic rings. The zero-order chi connectivity index (χ0) is 23.4. The van der Waals surface area contributed by atoms with Gasteiger partial charge in [-0.15, -0.1) is 20.4 Å². The van der Waals surface area contributed by atoms with E-state index >= 15 is 0 Å². The molecule has 4 rings (SSSR count). The number of carbonyl (C=O) groups is 1. The SMILES string of the molecule is Cc1cc(C)cc(OC(C)c2nnc(SCC(=O)Nc3nnc(C4CCCCC4)s3)n2C)c1. The third-order valence-corrected chi connectivity index (χ3v) is 7.74. The summed E-state index contributed by atoms with van der Waals surface area (Å²) in [7, 11) is 1.89. The van der Waals surface area contributed by atoms with E-state index in [0.29, 0.717) is 22.0 Å². The van der Waals surface area contributed by atoms with Crippen molar-refractivity contribution in [3.05, 3.63) is 40.2 Å². The lowest BCUT2D eigenvalue weighted by atomic mass is 9.90. The third kappa shape index (κ3) is 6.11. The number of aryl methyl sites for hydroxylation is 2. The average molecular weight is 487 g/mol. The van der Waals surface area contributed by atoms with Crippen LogP contribution < -0.4 is 10.1 Å². The Hall–Kier alpha value is -2.46. The summed E-state index contributed by atoms with van der Waals surface area (Å²) >= 11 is 2.83. The standard InChI is InChI=1S/C23H30N6O2S2/c1-14-10-15(2)12-18(11-14)31-16(3)20-25-28-23(29(20)4)32-13-19(30)24-22-27-26-21(33-22)17-8-6-5-7-9-17/h10-12,16-17H,5-9,13H2,1-4H3,(H,24,27,30). The van der Waals surface area contributed by atoms with E-state index in [2.05, 4.69) is 31.8 Å². The molecule has 33 heavy (non-hydrogen) atoms. The fraction of sp³-hybridized carbons (Fsp3) is 0.522. The van der Waals surface area contributed by atoms with Crippen molar-refractivity contribution < 1.29 is 9.53 Å². The summed E-state index contributed by atoms with van der Waals surface area (Å²) in [6.45, 7) is 6.04. The van der Waals surface area contributed by atoms with Crippen LogP contribution in [-0.2, 0) is 11.8 Å². The van der Waals surface area contributed by atoms with Gasteiger partial charge in [0.1, 0.15) is 10.8 Å². The second kappa shape index (κ2) is 10.6. The van der Waals surface area contributed by atoms with Crippen molar-refractivity contribution in [3.8, 4) is 5.75 Å². The molecule has 176 valence electrons. The van der Waals surface area contributed by atoms with Gasteiger partial charge in [0.2, 0.25) is 11.0 Å². The van der Waals surface area contributed by atoms with Crippen LogP contribution in [0.2, 0.25) is 0 Å². The number of amides is 1. The zero-order valence-corrected chi connectivity index (χ0v) is 21.1. The van der Waals surface area contributed by atoms with Crippen molar-refractivity contribution in [1.29, 1.82) is 0 Å². The number of thioether (sulfide) groups is 1. The van der Waals surface area contributed by atoms with Crippen LogP contribution in [0.5, 0.6) is 5.75 Å². The molecule has 0 bridgehead atoms. The molecular weight excluding hydrogens is 456 g/mol. The quantitative estimate of drug-likeness (QED) is 0.437. The lowest BCUT2D eigenvalue weighted by Crippen LogP contribution is -2.14. The van der Waals surface area contributed by atoms with E-state index in [1.54, 1.807) is 0 Å². The Balaban J connectivity index is 1.31. The van der Waals surface area contributed by atoms with Crippen LogP contribution in [0.1, 0.15) is 73.0 Å². The summed E-state index contributed by atoms with van der Waals surface area (Å²) in [6, 6.07) is 6.12. The van der Waals surface area contributed by atoms with Crippen LogP contribution in [0.3, 0.4) is 0 Å². The van der Waals surface area contributed by atoms with Gasteiger partial charge in [0.15, 0.2) is 17.1 Å². The number of rotatable bonds is 8. The second-order valence-corrected chi connectivity index (χ2v) is 10.6. The number of anilines is 1. The Kier molecular flexibility index (Phi) is 7.64. The molecule has 8 nitrogen and oxygen atoms in total. The molecule has 1 atom stereocenters. The van der Waals surface area contributed by atoms with Crippen molar-refractivity contribution >= 4 is 34.1 Å². The topological polar surface area (TPSA) is 94.8 Å². The highest BCUT2D eigenvalue weighted by molar-refractivity contribution is 7.99. The maximum atomic E-state index is 12.5. The van der Waals surface area contributed by atoms with Crippen LogP contribution in [-0.4, -0.2) is 36.6 Å². The molecule has 1 N–H and O–H groups in total. The lowest BCUT2D eigenvalue weighted by molar-refractivity contribution is -0.113. The first-order valence-electron chi connectivity index (χ1n) is 11.3. The summed E-state index contributed by atoms with van der Waals surface area (Å²) in [4.78, 5) is 12.5. The van der Waals surface area contributed by atoms with Crippen LogP contribution in [0.25, 0.3) is 0 Å². The predicted octanol–water partition coefficient (Wildman–Crippen LogP) is 5.20. The van der Waals surface area contributed by atoms with Gasteiger partial charge in [-0.3, -0.25) is 10.1 Å².